The highest BCUT2D eigenvalue weighted by molar-refractivity contribution is 14.1. The molecule has 0 unspecified atom stereocenters. The molecule has 80 valence electrons. The number of rotatable bonds is 2. The van der Waals surface area contributed by atoms with Crippen LogP contribution >= 0.6 is 22.6 Å². The number of fused-ring (bicyclic) bond motifs is 1. The molecule has 0 bridgehead atoms. The van der Waals surface area contributed by atoms with Crippen molar-refractivity contribution in [2.75, 3.05) is 0 Å². The van der Waals surface area contributed by atoms with Crippen LogP contribution in [0.4, 0.5) is 0 Å². The van der Waals surface area contributed by atoms with Gasteiger partial charge in [-0.25, -0.2) is 0 Å². The summed E-state index contributed by atoms with van der Waals surface area (Å²) in [5, 5.41) is 0. The van der Waals surface area contributed by atoms with E-state index in [4.69, 9.17) is 0 Å². The summed E-state index contributed by atoms with van der Waals surface area (Å²) in [4.78, 5) is 4.56. The van der Waals surface area contributed by atoms with Crippen molar-refractivity contribution in [3.05, 3.63) is 34.9 Å². The second-order valence-corrected chi connectivity index (χ2v) is 4.60. The monoisotopic (exact) mass is 313 g/mol. The molecule has 0 amide bonds. The lowest BCUT2D eigenvalue weighted by atomic mass is 9.86. The van der Waals surface area contributed by atoms with Gasteiger partial charge in [0.25, 0.3) is 0 Å². The highest BCUT2D eigenvalue weighted by atomic mass is 127. The Morgan fingerprint density at radius 3 is 3.13 bits per heavy atom. The molecular formula is C13H16IN. The summed E-state index contributed by atoms with van der Waals surface area (Å²) < 4.78 is 1.91. The average molecular weight is 313 g/mol. The van der Waals surface area contributed by atoms with E-state index in [1.807, 2.05) is 4.22 Å². The number of aliphatic imine (C=N–C) groups is 1. The first-order chi connectivity index (χ1) is 7.35. The zero-order valence-corrected chi connectivity index (χ0v) is 11.2. The maximum atomic E-state index is 4.56. The quantitative estimate of drug-likeness (QED) is 0.576. The van der Waals surface area contributed by atoms with Gasteiger partial charge in [-0.3, -0.25) is 4.99 Å². The van der Waals surface area contributed by atoms with Gasteiger partial charge in [-0.2, -0.15) is 0 Å². The predicted octanol–water partition coefficient (Wildman–Crippen LogP) is 4.09. The van der Waals surface area contributed by atoms with E-state index in [1.165, 1.54) is 36.0 Å². The molecule has 1 aliphatic rings. The van der Waals surface area contributed by atoms with Crippen LogP contribution < -0.4 is 0 Å². The summed E-state index contributed by atoms with van der Waals surface area (Å²) in [5.74, 6) is 0. The molecule has 0 heterocycles. The van der Waals surface area contributed by atoms with E-state index in [9.17, 15) is 0 Å². The molecule has 1 atom stereocenters. The normalized spacial score (nSPS) is 20.5. The molecule has 1 aliphatic carbocycles. The van der Waals surface area contributed by atoms with Gasteiger partial charge >= 0.3 is 0 Å². The van der Waals surface area contributed by atoms with Gasteiger partial charge in [0.15, 0.2) is 0 Å². The molecule has 0 radical (unpaired) electrons. The van der Waals surface area contributed by atoms with E-state index in [1.54, 1.807) is 0 Å². The minimum absolute atomic E-state index is 0.414. The van der Waals surface area contributed by atoms with Crippen LogP contribution in [-0.2, 0) is 12.8 Å². The van der Waals surface area contributed by atoms with Crippen LogP contribution in [0.25, 0.3) is 0 Å². The summed E-state index contributed by atoms with van der Waals surface area (Å²) in [7, 11) is 0. The van der Waals surface area contributed by atoms with Gasteiger partial charge in [0, 0.05) is 0 Å². The second kappa shape index (κ2) is 5.10. The number of benzene rings is 1. The topological polar surface area (TPSA) is 12.4 Å². The molecule has 0 spiro atoms. The smallest absolute Gasteiger partial charge is 0.0757 e. The van der Waals surface area contributed by atoms with Crippen LogP contribution in [0.1, 0.15) is 42.5 Å². The third-order valence-corrected chi connectivity index (χ3v) is 3.46. The molecule has 0 saturated heterocycles. The molecule has 1 aromatic rings. The molecule has 0 aromatic heterocycles. The Hall–Kier alpha value is -0.380. The molecule has 0 saturated carbocycles. The third-order valence-electron chi connectivity index (χ3n) is 3.14. The van der Waals surface area contributed by atoms with Gasteiger partial charge in [0.2, 0.25) is 0 Å². The van der Waals surface area contributed by atoms with Crippen LogP contribution in [0.5, 0.6) is 0 Å². The fourth-order valence-corrected chi connectivity index (χ4v) is 2.65. The Kier molecular flexibility index (Phi) is 3.78. The molecule has 1 nitrogen and oxygen atoms in total. The van der Waals surface area contributed by atoms with E-state index < -0.39 is 0 Å². The van der Waals surface area contributed by atoms with Crippen molar-refractivity contribution < 1.29 is 0 Å². The largest absolute Gasteiger partial charge is 0.279 e. The molecule has 0 aliphatic heterocycles. The van der Waals surface area contributed by atoms with Crippen LogP contribution in [0.3, 0.4) is 0 Å². The number of nitrogens with zero attached hydrogens (tertiary/aromatic N) is 1. The molecular weight excluding hydrogens is 297 g/mol. The highest BCUT2D eigenvalue weighted by Gasteiger charge is 2.18. The summed E-state index contributed by atoms with van der Waals surface area (Å²) in [6.07, 6.45) is 4.83. The van der Waals surface area contributed by atoms with Crippen molar-refractivity contribution in [3.8, 4) is 0 Å². The SMILES string of the molecule is CCc1ccc2c(c1)[C@H](N=CI)CCC2. The number of hydrogen-bond donors (Lipinski definition) is 0. The predicted molar refractivity (Wildman–Crippen MR) is 74.0 cm³/mol. The van der Waals surface area contributed by atoms with E-state index in [2.05, 4.69) is 52.7 Å². The summed E-state index contributed by atoms with van der Waals surface area (Å²) in [5.41, 5.74) is 4.41. The van der Waals surface area contributed by atoms with Crippen molar-refractivity contribution >= 4 is 26.8 Å². The minimum Gasteiger partial charge on any atom is -0.279 e. The van der Waals surface area contributed by atoms with E-state index >= 15 is 0 Å². The number of halogens is 1. The summed E-state index contributed by atoms with van der Waals surface area (Å²) in [6, 6.07) is 7.32. The standard InChI is InChI=1S/C13H16IN/c1-2-10-6-7-11-4-3-5-13(15-9-14)12(11)8-10/h6-9,13H,2-5H2,1H3/t13-/m1/s1. The highest BCUT2D eigenvalue weighted by Crippen LogP contribution is 2.33. The van der Waals surface area contributed by atoms with Crippen LogP contribution in [0.2, 0.25) is 0 Å². The van der Waals surface area contributed by atoms with Gasteiger partial charge in [0.05, 0.1) is 10.3 Å². The lowest BCUT2D eigenvalue weighted by molar-refractivity contribution is 0.574. The van der Waals surface area contributed by atoms with Gasteiger partial charge < -0.3 is 0 Å². The molecule has 2 heteroatoms. The lowest BCUT2D eigenvalue weighted by Crippen LogP contribution is -2.08. The van der Waals surface area contributed by atoms with E-state index in [-0.39, 0.29) is 0 Å². The Morgan fingerprint density at radius 1 is 1.53 bits per heavy atom. The number of hydrogen-bond acceptors (Lipinski definition) is 1. The van der Waals surface area contributed by atoms with Crippen molar-refractivity contribution in [1.82, 2.24) is 0 Å². The van der Waals surface area contributed by atoms with Crippen LogP contribution in [0.15, 0.2) is 23.2 Å². The first kappa shape index (κ1) is 11.1. The zero-order chi connectivity index (χ0) is 10.7. The first-order valence-electron chi connectivity index (χ1n) is 5.58. The average Bonchev–Trinajstić information content (AvgIpc) is 2.29. The first-order valence-corrected chi connectivity index (χ1v) is 6.83. The van der Waals surface area contributed by atoms with Crippen LogP contribution in [0, 0.1) is 0 Å². The molecule has 15 heavy (non-hydrogen) atoms. The molecule has 0 fully saturated rings. The molecule has 2 rings (SSSR count). The van der Waals surface area contributed by atoms with Crippen molar-refractivity contribution in [2.24, 2.45) is 4.99 Å². The van der Waals surface area contributed by atoms with Gasteiger partial charge in [-0.15, -0.1) is 0 Å². The second-order valence-electron chi connectivity index (χ2n) is 4.04. The minimum atomic E-state index is 0.414. The van der Waals surface area contributed by atoms with E-state index in [0.717, 1.165) is 6.42 Å². The maximum Gasteiger partial charge on any atom is 0.0757 e. The Balaban J connectivity index is 2.39. The third kappa shape index (κ3) is 2.41. The Morgan fingerprint density at radius 2 is 2.40 bits per heavy atom. The van der Waals surface area contributed by atoms with Crippen molar-refractivity contribution in [1.29, 1.82) is 0 Å². The van der Waals surface area contributed by atoms with Gasteiger partial charge in [-0.05, 0) is 65.0 Å². The fourth-order valence-electron chi connectivity index (χ4n) is 2.27. The summed E-state index contributed by atoms with van der Waals surface area (Å²) >= 11 is 2.21. The van der Waals surface area contributed by atoms with Gasteiger partial charge in [-0.1, -0.05) is 25.1 Å². The Labute approximate surface area is 105 Å². The van der Waals surface area contributed by atoms with Crippen molar-refractivity contribution in [2.45, 2.75) is 38.6 Å². The van der Waals surface area contributed by atoms with Crippen LogP contribution in [-0.4, -0.2) is 4.22 Å². The maximum absolute atomic E-state index is 4.56. The zero-order valence-electron chi connectivity index (χ0n) is 9.04. The Bertz CT molecular complexity index is 371. The lowest BCUT2D eigenvalue weighted by Gasteiger charge is -2.22. The van der Waals surface area contributed by atoms with E-state index in [0.29, 0.717) is 6.04 Å². The molecule has 1 aromatic carbocycles. The van der Waals surface area contributed by atoms with Crippen molar-refractivity contribution in [3.63, 3.8) is 0 Å². The van der Waals surface area contributed by atoms with Gasteiger partial charge in [0.1, 0.15) is 0 Å². The number of aryl methyl sites for hydroxylation is 2. The fraction of sp³-hybridized carbons (Fsp3) is 0.462. The summed E-state index contributed by atoms with van der Waals surface area (Å²) in [6.45, 7) is 2.21. The molecule has 0 N–H and O–H groups in total.